The number of ether oxygens (including phenoxy) is 3. The number of fused-ring (bicyclic) bond motifs is 2. The van der Waals surface area contributed by atoms with Gasteiger partial charge in [-0.2, -0.15) is 0 Å². The summed E-state index contributed by atoms with van der Waals surface area (Å²) < 4.78 is 19.4. The monoisotopic (exact) mass is 671 g/mol. The first kappa shape index (κ1) is 33.7. The highest BCUT2D eigenvalue weighted by atomic mass is 28.3. The van der Waals surface area contributed by atoms with E-state index in [2.05, 4.69) is 38.7 Å². The van der Waals surface area contributed by atoms with Gasteiger partial charge in [-0.25, -0.2) is 0 Å². The lowest BCUT2D eigenvalue weighted by Gasteiger charge is -2.37. The molecule has 0 radical (unpaired) electrons. The third-order valence-electron chi connectivity index (χ3n) is 10.8. The maximum atomic E-state index is 14.8. The lowest BCUT2D eigenvalue weighted by atomic mass is 9.82. The van der Waals surface area contributed by atoms with Gasteiger partial charge in [0.05, 0.1) is 53.2 Å². The maximum Gasteiger partial charge on any atom is 0.297 e. The van der Waals surface area contributed by atoms with E-state index in [4.69, 9.17) is 14.2 Å². The number of aliphatic hydroxyl groups is 1. The highest BCUT2D eigenvalue weighted by Gasteiger charge is 2.66. The molecule has 2 fully saturated rings. The van der Waals surface area contributed by atoms with Crippen LogP contribution in [0.4, 0.5) is 5.69 Å². The van der Waals surface area contributed by atoms with Crippen molar-refractivity contribution >= 4 is 30.8 Å². The van der Waals surface area contributed by atoms with E-state index in [1.54, 1.807) is 41.3 Å². The average Bonchev–Trinajstić information content (AvgIpc) is 3.75. The van der Waals surface area contributed by atoms with E-state index in [0.29, 0.717) is 23.5 Å². The molecule has 0 unspecified atom stereocenters. The van der Waals surface area contributed by atoms with E-state index in [1.165, 1.54) is 11.7 Å². The van der Waals surface area contributed by atoms with Crippen LogP contribution in [-0.4, -0.2) is 80.5 Å². The van der Waals surface area contributed by atoms with Gasteiger partial charge >= 0.3 is 0 Å². The van der Waals surface area contributed by atoms with E-state index in [9.17, 15) is 19.5 Å². The van der Waals surface area contributed by atoms with Crippen LogP contribution in [0.3, 0.4) is 0 Å². The molecule has 11 heteroatoms. The van der Waals surface area contributed by atoms with Gasteiger partial charge in [-0.15, -0.1) is 6.58 Å². The standard InChI is InChI=1S/C37H45N3O7Si/c1-7-18-40-30-17-12-25(39-20-9-11-31(46-4)35(39)43)21-29(30)37(36(40)44)24(2)34(48(5,6)28-15-13-27(45-3)14-16-28)32(47-37)22-33(42)38-19-8-10-26(38)23-41/h7,9,11-17,20-21,24,26,32,34,41H,1,8,10,18-19,22-23H2,2-6H3/t24-,26+,32+,34-,37+/m1/s1. The number of carbonyl (C=O) groups excluding carboxylic acids is 2. The average molecular weight is 672 g/mol. The minimum absolute atomic E-state index is 0.0735. The number of nitrogens with zero attached hydrogens (tertiary/aromatic N) is 3. The fourth-order valence-corrected chi connectivity index (χ4v) is 12.4. The quantitative estimate of drug-likeness (QED) is 0.257. The Morgan fingerprint density at radius 2 is 1.88 bits per heavy atom. The minimum Gasteiger partial charge on any atom is -0.497 e. The SMILES string of the molecule is C=CCN1C(=O)[C@@]2(O[C@@H](CC(=O)N3CCC[C@H]3CO)[C@H]([Si](C)(C)c3ccc(OC)cc3)[C@H]2C)c2cc(-n3cccc(OC)c3=O)ccc21. The van der Waals surface area contributed by atoms with Crippen molar-refractivity contribution in [2.24, 2.45) is 5.92 Å². The number of anilines is 1. The largest absolute Gasteiger partial charge is 0.497 e. The number of rotatable bonds is 10. The Balaban J connectivity index is 1.50. The number of carbonyl (C=O) groups is 2. The Morgan fingerprint density at radius 3 is 2.54 bits per heavy atom. The van der Waals surface area contributed by atoms with Crippen molar-refractivity contribution in [1.29, 1.82) is 0 Å². The summed E-state index contributed by atoms with van der Waals surface area (Å²) >= 11 is 0. The summed E-state index contributed by atoms with van der Waals surface area (Å²) in [4.78, 5) is 45.6. The van der Waals surface area contributed by atoms with Gasteiger partial charge < -0.3 is 29.1 Å². The molecule has 5 atom stereocenters. The van der Waals surface area contributed by atoms with Gasteiger partial charge in [-0.1, -0.05) is 43.4 Å². The zero-order valence-electron chi connectivity index (χ0n) is 28.3. The number of hydrogen-bond acceptors (Lipinski definition) is 7. The summed E-state index contributed by atoms with van der Waals surface area (Å²) in [7, 11) is 0.610. The van der Waals surface area contributed by atoms with Crippen molar-refractivity contribution in [2.75, 3.05) is 38.8 Å². The number of aliphatic hydroxyl groups excluding tert-OH is 1. The van der Waals surface area contributed by atoms with E-state index in [0.717, 1.165) is 23.8 Å². The van der Waals surface area contributed by atoms with Crippen LogP contribution in [0.5, 0.6) is 11.5 Å². The van der Waals surface area contributed by atoms with Gasteiger partial charge in [0.25, 0.3) is 11.5 Å². The highest BCUT2D eigenvalue weighted by molar-refractivity contribution is 6.91. The summed E-state index contributed by atoms with van der Waals surface area (Å²) in [5.41, 5.74) is 0.0781. The van der Waals surface area contributed by atoms with Crippen LogP contribution in [0.1, 0.15) is 31.7 Å². The second kappa shape index (κ2) is 13.0. The second-order valence-electron chi connectivity index (χ2n) is 13.6. The number of pyridine rings is 1. The molecule has 6 rings (SSSR count). The van der Waals surface area contributed by atoms with E-state index >= 15 is 0 Å². The number of likely N-dealkylation sites (tertiary alicyclic amines) is 1. The molecule has 48 heavy (non-hydrogen) atoms. The minimum atomic E-state index is -2.49. The second-order valence-corrected chi connectivity index (χ2v) is 18.3. The summed E-state index contributed by atoms with van der Waals surface area (Å²) in [6.07, 6.45) is 4.50. The van der Waals surface area contributed by atoms with Gasteiger partial charge in [0, 0.05) is 36.5 Å². The number of methoxy groups -OCH3 is 2. The molecule has 0 aliphatic carbocycles. The van der Waals surface area contributed by atoms with Crippen molar-refractivity contribution in [2.45, 2.75) is 62.6 Å². The Morgan fingerprint density at radius 1 is 1.12 bits per heavy atom. The third kappa shape index (κ3) is 5.28. The smallest absolute Gasteiger partial charge is 0.297 e. The molecule has 3 aliphatic heterocycles. The summed E-state index contributed by atoms with van der Waals surface area (Å²) in [5, 5.41) is 11.2. The summed E-state index contributed by atoms with van der Waals surface area (Å²) in [5.74, 6) is 0.359. The number of hydrogen-bond donors (Lipinski definition) is 1. The van der Waals surface area contributed by atoms with Gasteiger partial charge in [0.2, 0.25) is 5.91 Å². The molecule has 2 saturated heterocycles. The molecule has 3 aromatic rings. The van der Waals surface area contributed by atoms with Crippen LogP contribution in [0.2, 0.25) is 18.6 Å². The Hall–Kier alpha value is -4.19. The molecule has 3 aliphatic rings. The van der Waals surface area contributed by atoms with Crippen LogP contribution in [-0.2, 0) is 19.9 Å². The van der Waals surface area contributed by atoms with Gasteiger partial charge in [0.15, 0.2) is 11.4 Å². The van der Waals surface area contributed by atoms with Crippen LogP contribution < -0.4 is 25.1 Å². The predicted octanol–water partition coefficient (Wildman–Crippen LogP) is 3.98. The normalized spacial score (nSPS) is 25.1. The van der Waals surface area contributed by atoms with Crippen molar-refractivity contribution in [3.63, 3.8) is 0 Å². The fraction of sp³-hybridized carbons (Fsp3) is 0.432. The zero-order chi connectivity index (χ0) is 34.4. The van der Waals surface area contributed by atoms with Crippen LogP contribution in [0.15, 0.2) is 78.2 Å². The molecule has 254 valence electrons. The molecule has 0 saturated carbocycles. The fourth-order valence-electron chi connectivity index (χ4n) is 8.44. The highest BCUT2D eigenvalue weighted by Crippen LogP contribution is 2.60. The first-order valence-electron chi connectivity index (χ1n) is 16.6. The lowest BCUT2D eigenvalue weighted by molar-refractivity contribution is -0.149. The van der Waals surface area contributed by atoms with Crippen LogP contribution in [0.25, 0.3) is 5.69 Å². The van der Waals surface area contributed by atoms with Gasteiger partial charge in [-0.05, 0) is 60.8 Å². The Kier molecular flexibility index (Phi) is 9.14. The first-order valence-corrected chi connectivity index (χ1v) is 19.7. The molecule has 0 bridgehead atoms. The molecule has 2 aromatic carbocycles. The summed E-state index contributed by atoms with van der Waals surface area (Å²) in [6, 6.07) is 16.8. The van der Waals surface area contributed by atoms with E-state index in [-0.39, 0.29) is 60.2 Å². The predicted molar refractivity (Wildman–Crippen MR) is 187 cm³/mol. The molecule has 2 amide bonds. The number of aromatic nitrogens is 1. The molecule has 1 spiro atoms. The van der Waals surface area contributed by atoms with E-state index < -0.39 is 19.8 Å². The molecule has 4 heterocycles. The van der Waals surface area contributed by atoms with Crippen molar-refractivity contribution in [3.05, 3.63) is 89.4 Å². The van der Waals surface area contributed by atoms with Crippen molar-refractivity contribution in [1.82, 2.24) is 9.47 Å². The molecule has 1 N–H and O–H groups in total. The zero-order valence-corrected chi connectivity index (χ0v) is 29.3. The summed E-state index contributed by atoms with van der Waals surface area (Å²) in [6.45, 7) is 11.3. The third-order valence-corrected chi connectivity index (χ3v) is 15.2. The first-order chi connectivity index (χ1) is 23.0. The van der Waals surface area contributed by atoms with E-state index in [1.807, 2.05) is 30.3 Å². The Labute approximate surface area is 282 Å². The van der Waals surface area contributed by atoms with Gasteiger partial charge in [-0.3, -0.25) is 19.0 Å². The van der Waals surface area contributed by atoms with Crippen molar-refractivity contribution < 1.29 is 28.9 Å². The number of benzene rings is 2. The molecular weight excluding hydrogens is 627 g/mol. The van der Waals surface area contributed by atoms with Crippen LogP contribution >= 0.6 is 0 Å². The van der Waals surface area contributed by atoms with Crippen LogP contribution in [0, 0.1) is 5.92 Å². The van der Waals surface area contributed by atoms with Crippen molar-refractivity contribution in [3.8, 4) is 17.2 Å². The van der Waals surface area contributed by atoms with Gasteiger partial charge in [0.1, 0.15) is 5.75 Å². The Bertz CT molecular complexity index is 1770. The molecule has 1 aromatic heterocycles. The molecule has 10 nitrogen and oxygen atoms in total. The lowest BCUT2D eigenvalue weighted by Crippen LogP contribution is -2.52. The maximum absolute atomic E-state index is 14.8. The topological polar surface area (TPSA) is 111 Å². The number of amides is 2. The molecular formula is C37H45N3O7Si.